The highest BCUT2D eigenvalue weighted by Crippen LogP contribution is 2.01. The van der Waals surface area contributed by atoms with Crippen LogP contribution in [0.4, 0.5) is 0 Å². The first-order valence-corrected chi connectivity index (χ1v) is 4.55. The number of unbranched alkanes of at least 4 members (excludes halogenated alkanes) is 1. The zero-order valence-corrected chi connectivity index (χ0v) is 7.93. The topological polar surface area (TPSA) is 6.25 Å². The second-order valence-corrected chi connectivity index (χ2v) is 3.31. The minimum absolute atomic E-state index is 1.20. The first-order chi connectivity index (χ1) is 5.25. The SMILES string of the molecule is CCCCN1CC[N+](C)=C1C. The maximum absolute atomic E-state index is 2.48. The Morgan fingerprint density at radius 3 is 2.73 bits per heavy atom. The summed E-state index contributed by atoms with van der Waals surface area (Å²) in [7, 11) is 2.17. The van der Waals surface area contributed by atoms with E-state index in [9.17, 15) is 0 Å². The van der Waals surface area contributed by atoms with Gasteiger partial charge in [0.2, 0.25) is 5.84 Å². The van der Waals surface area contributed by atoms with Gasteiger partial charge in [-0.15, -0.1) is 0 Å². The molecular weight excluding hydrogens is 136 g/mol. The molecule has 0 aromatic heterocycles. The second-order valence-electron chi connectivity index (χ2n) is 3.31. The quantitative estimate of drug-likeness (QED) is 0.554. The van der Waals surface area contributed by atoms with Gasteiger partial charge >= 0.3 is 0 Å². The molecule has 0 aliphatic carbocycles. The molecule has 0 unspecified atom stereocenters. The Bertz CT molecular complexity index is 161. The van der Waals surface area contributed by atoms with Gasteiger partial charge in [-0.3, -0.25) is 9.48 Å². The predicted molar refractivity (Wildman–Crippen MR) is 48.2 cm³/mol. The second kappa shape index (κ2) is 3.74. The summed E-state index contributed by atoms with van der Waals surface area (Å²) in [4.78, 5) is 2.48. The summed E-state index contributed by atoms with van der Waals surface area (Å²) in [5.74, 6) is 1.44. The van der Waals surface area contributed by atoms with E-state index in [-0.39, 0.29) is 0 Å². The van der Waals surface area contributed by atoms with Gasteiger partial charge < -0.3 is 0 Å². The lowest BCUT2D eigenvalue weighted by atomic mass is 10.3. The number of hydrogen-bond donors (Lipinski definition) is 0. The lowest BCUT2D eigenvalue weighted by Gasteiger charge is -2.08. The maximum Gasteiger partial charge on any atom is 0.243 e. The third-order valence-corrected chi connectivity index (χ3v) is 2.50. The maximum atomic E-state index is 2.48. The third-order valence-electron chi connectivity index (χ3n) is 2.50. The van der Waals surface area contributed by atoms with E-state index in [1.165, 1.54) is 38.3 Å². The number of rotatable bonds is 3. The van der Waals surface area contributed by atoms with Crippen molar-refractivity contribution in [2.24, 2.45) is 0 Å². The van der Waals surface area contributed by atoms with E-state index in [4.69, 9.17) is 0 Å². The molecule has 0 fully saturated rings. The molecule has 0 saturated carbocycles. The van der Waals surface area contributed by atoms with E-state index in [2.05, 4.69) is 30.4 Å². The molecule has 0 N–H and O–H groups in total. The van der Waals surface area contributed by atoms with E-state index in [0.29, 0.717) is 0 Å². The fourth-order valence-electron chi connectivity index (χ4n) is 1.46. The molecule has 0 spiro atoms. The minimum atomic E-state index is 1.20. The molecule has 2 nitrogen and oxygen atoms in total. The summed E-state index contributed by atoms with van der Waals surface area (Å²) in [6.45, 7) is 8.13. The third kappa shape index (κ3) is 1.95. The summed E-state index contributed by atoms with van der Waals surface area (Å²) < 4.78 is 2.33. The van der Waals surface area contributed by atoms with Crippen molar-refractivity contribution >= 4 is 5.84 Å². The van der Waals surface area contributed by atoms with Gasteiger partial charge in [0.25, 0.3) is 0 Å². The van der Waals surface area contributed by atoms with Crippen molar-refractivity contribution in [3.05, 3.63) is 0 Å². The highest BCUT2D eigenvalue weighted by Gasteiger charge is 2.22. The van der Waals surface area contributed by atoms with Crippen molar-refractivity contribution < 1.29 is 4.58 Å². The van der Waals surface area contributed by atoms with Crippen molar-refractivity contribution in [2.75, 3.05) is 26.7 Å². The van der Waals surface area contributed by atoms with E-state index in [1.807, 2.05) is 0 Å². The van der Waals surface area contributed by atoms with E-state index in [1.54, 1.807) is 0 Å². The summed E-state index contributed by atoms with van der Waals surface area (Å²) >= 11 is 0. The van der Waals surface area contributed by atoms with Gasteiger partial charge in [0.1, 0.15) is 13.1 Å². The number of nitrogens with zero attached hydrogens (tertiary/aromatic N) is 2. The molecule has 64 valence electrons. The van der Waals surface area contributed by atoms with Crippen molar-refractivity contribution in [3.63, 3.8) is 0 Å². The van der Waals surface area contributed by atoms with Crippen LogP contribution >= 0.6 is 0 Å². The molecule has 11 heavy (non-hydrogen) atoms. The minimum Gasteiger partial charge on any atom is -0.265 e. The Balaban J connectivity index is 2.37. The molecule has 0 aromatic carbocycles. The van der Waals surface area contributed by atoms with E-state index in [0.717, 1.165) is 0 Å². The molecule has 0 bridgehead atoms. The summed E-state index contributed by atoms with van der Waals surface area (Å²) in [5.41, 5.74) is 0. The number of amidine groups is 1. The van der Waals surface area contributed by atoms with Crippen molar-refractivity contribution in [1.29, 1.82) is 0 Å². The van der Waals surface area contributed by atoms with Crippen LogP contribution in [-0.4, -0.2) is 42.0 Å². The molecule has 1 aliphatic rings. The average molecular weight is 155 g/mol. The van der Waals surface area contributed by atoms with Gasteiger partial charge in [0.15, 0.2) is 0 Å². The monoisotopic (exact) mass is 155 g/mol. The van der Waals surface area contributed by atoms with Crippen LogP contribution in [0.2, 0.25) is 0 Å². The Kier molecular flexibility index (Phi) is 2.92. The van der Waals surface area contributed by atoms with Gasteiger partial charge in [-0.1, -0.05) is 13.3 Å². The Morgan fingerprint density at radius 1 is 1.55 bits per heavy atom. The Labute approximate surface area is 69.5 Å². The van der Waals surface area contributed by atoms with E-state index < -0.39 is 0 Å². The molecule has 0 atom stereocenters. The normalized spacial score (nSPS) is 18.3. The van der Waals surface area contributed by atoms with Crippen LogP contribution in [0, 0.1) is 0 Å². The van der Waals surface area contributed by atoms with Gasteiger partial charge in [-0.2, -0.15) is 0 Å². The van der Waals surface area contributed by atoms with Crippen LogP contribution in [0.3, 0.4) is 0 Å². The first kappa shape index (κ1) is 8.57. The van der Waals surface area contributed by atoms with E-state index >= 15 is 0 Å². The van der Waals surface area contributed by atoms with Crippen molar-refractivity contribution in [2.45, 2.75) is 26.7 Å². The van der Waals surface area contributed by atoms with Crippen LogP contribution < -0.4 is 0 Å². The van der Waals surface area contributed by atoms with Crippen LogP contribution in [0.5, 0.6) is 0 Å². The fourth-order valence-corrected chi connectivity index (χ4v) is 1.46. The fraction of sp³-hybridized carbons (Fsp3) is 0.889. The largest absolute Gasteiger partial charge is 0.265 e. The number of likely N-dealkylation sites (N-methyl/N-ethyl adjacent to an activating group) is 1. The van der Waals surface area contributed by atoms with Gasteiger partial charge in [0.05, 0.1) is 13.6 Å². The van der Waals surface area contributed by atoms with Gasteiger partial charge in [-0.05, 0) is 6.42 Å². The smallest absolute Gasteiger partial charge is 0.243 e. The van der Waals surface area contributed by atoms with Crippen molar-refractivity contribution in [3.8, 4) is 0 Å². The summed E-state index contributed by atoms with van der Waals surface area (Å²) in [5, 5.41) is 0. The van der Waals surface area contributed by atoms with Gasteiger partial charge in [-0.25, -0.2) is 0 Å². The van der Waals surface area contributed by atoms with Gasteiger partial charge in [0, 0.05) is 6.92 Å². The van der Waals surface area contributed by atoms with Crippen molar-refractivity contribution in [1.82, 2.24) is 4.90 Å². The van der Waals surface area contributed by atoms with Crippen LogP contribution in [0.15, 0.2) is 0 Å². The molecule has 1 rings (SSSR count). The summed E-state index contributed by atoms with van der Waals surface area (Å²) in [6, 6.07) is 0. The Morgan fingerprint density at radius 2 is 2.27 bits per heavy atom. The highest BCUT2D eigenvalue weighted by molar-refractivity contribution is 5.75. The van der Waals surface area contributed by atoms with Crippen LogP contribution in [-0.2, 0) is 0 Å². The molecule has 1 heterocycles. The Hall–Kier alpha value is -0.530. The first-order valence-electron chi connectivity index (χ1n) is 4.55. The zero-order valence-electron chi connectivity index (χ0n) is 7.93. The lowest BCUT2D eigenvalue weighted by molar-refractivity contribution is -0.487. The molecule has 0 saturated heterocycles. The molecule has 0 amide bonds. The average Bonchev–Trinajstić information content (AvgIpc) is 2.31. The molecule has 0 aromatic rings. The molecule has 2 heteroatoms. The van der Waals surface area contributed by atoms with Crippen LogP contribution in [0.25, 0.3) is 0 Å². The molecular formula is C9H19N2+. The molecule has 0 radical (unpaired) electrons. The number of hydrogen-bond acceptors (Lipinski definition) is 1. The lowest BCUT2D eigenvalue weighted by Crippen LogP contribution is -2.27. The predicted octanol–water partition coefficient (Wildman–Crippen LogP) is 1.16. The van der Waals surface area contributed by atoms with Crippen LogP contribution in [0.1, 0.15) is 26.7 Å². The summed E-state index contributed by atoms with van der Waals surface area (Å²) in [6.07, 6.45) is 2.62. The highest BCUT2D eigenvalue weighted by atomic mass is 15.3. The standard InChI is InChI=1S/C9H19N2/c1-4-5-6-11-8-7-10(3)9(11)2/h4-8H2,1-3H3/q+1. The molecule has 1 aliphatic heterocycles. The zero-order chi connectivity index (χ0) is 8.27.